The molecule has 20 heavy (non-hydrogen) atoms. The van der Waals surface area contributed by atoms with Gasteiger partial charge in [0, 0.05) is 25.0 Å². The van der Waals surface area contributed by atoms with E-state index in [-0.39, 0.29) is 0 Å². The van der Waals surface area contributed by atoms with E-state index < -0.39 is 23.7 Å². The van der Waals surface area contributed by atoms with Crippen LogP contribution in [0.15, 0.2) is 30.3 Å². The maximum atomic E-state index is 11.4. The Bertz CT molecular complexity index is 509. The molecule has 1 saturated carbocycles. The van der Waals surface area contributed by atoms with Crippen LogP contribution in [0.3, 0.4) is 0 Å². The molecule has 4 N–H and O–H groups in total. The average Bonchev–Trinajstić information content (AvgIpc) is 3.10. The van der Waals surface area contributed by atoms with Crippen molar-refractivity contribution in [2.75, 3.05) is 13.1 Å². The Morgan fingerprint density at radius 2 is 1.55 bits per heavy atom. The smallest absolute Gasteiger partial charge is 0.222 e. The number of hydrogen-bond donors (Lipinski definition) is 2. The number of carbonyl (C=O) groups excluding carboxylic acids is 2. The predicted octanol–water partition coefficient (Wildman–Crippen LogP) is 0.0611. The van der Waals surface area contributed by atoms with Crippen LogP contribution in [0.4, 0.5) is 0 Å². The average molecular weight is 273 g/mol. The van der Waals surface area contributed by atoms with Crippen LogP contribution in [0.25, 0.3) is 0 Å². The predicted molar refractivity (Wildman–Crippen MR) is 74.5 cm³/mol. The zero-order chi connectivity index (χ0) is 14.3. The maximum Gasteiger partial charge on any atom is 0.222 e. The second-order valence-corrected chi connectivity index (χ2v) is 5.79. The van der Waals surface area contributed by atoms with Crippen molar-refractivity contribution in [1.82, 2.24) is 4.90 Å². The van der Waals surface area contributed by atoms with Crippen LogP contribution in [-0.2, 0) is 9.59 Å². The fourth-order valence-corrected chi connectivity index (χ4v) is 3.33. The summed E-state index contributed by atoms with van der Waals surface area (Å²) in [5, 5.41) is 0. The van der Waals surface area contributed by atoms with Gasteiger partial charge in [0.2, 0.25) is 11.8 Å². The van der Waals surface area contributed by atoms with E-state index in [2.05, 4.69) is 17.0 Å². The molecule has 0 radical (unpaired) electrons. The quantitative estimate of drug-likeness (QED) is 0.813. The summed E-state index contributed by atoms with van der Waals surface area (Å²) in [6.45, 7) is 1.11. The third kappa shape index (κ3) is 2.29. The summed E-state index contributed by atoms with van der Waals surface area (Å²) in [6.07, 6.45) is 1.07. The van der Waals surface area contributed by atoms with Crippen molar-refractivity contribution in [3.8, 4) is 0 Å². The third-order valence-corrected chi connectivity index (χ3v) is 4.53. The first kappa shape index (κ1) is 13.1. The maximum absolute atomic E-state index is 11.4. The molecule has 0 bridgehead atoms. The minimum Gasteiger partial charge on any atom is -0.369 e. The largest absolute Gasteiger partial charge is 0.369 e. The van der Waals surface area contributed by atoms with Gasteiger partial charge in [0.25, 0.3) is 0 Å². The number of nitrogens with zero attached hydrogens (tertiary/aromatic N) is 1. The van der Waals surface area contributed by atoms with Gasteiger partial charge in [-0.25, -0.2) is 0 Å². The van der Waals surface area contributed by atoms with Crippen LogP contribution >= 0.6 is 0 Å². The molecule has 1 aromatic carbocycles. The topological polar surface area (TPSA) is 89.4 Å². The van der Waals surface area contributed by atoms with Gasteiger partial charge in [-0.2, -0.15) is 0 Å². The van der Waals surface area contributed by atoms with Gasteiger partial charge in [-0.3, -0.25) is 14.5 Å². The number of nitrogens with two attached hydrogens (primary N) is 2. The Morgan fingerprint density at radius 3 is 2.05 bits per heavy atom. The minimum absolute atomic E-state index is 0.406. The van der Waals surface area contributed by atoms with E-state index in [0.29, 0.717) is 25.0 Å². The number of rotatable bonds is 4. The number of carbonyl (C=O) groups is 2. The molecule has 4 atom stereocenters. The molecule has 106 valence electrons. The van der Waals surface area contributed by atoms with Crippen LogP contribution in [-0.4, -0.2) is 35.8 Å². The molecule has 0 spiro atoms. The second-order valence-electron chi connectivity index (χ2n) is 5.79. The summed E-state index contributed by atoms with van der Waals surface area (Å²) >= 11 is 0. The van der Waals surface area contributed by atoms with Crippen molar-refractivity contribution in [1.29, 1.82) is 0 Å². The molecule has 1 aliphatic heterocycles. The van der Waals surface area contributed by atoms with E-state index in [4.69, 9.17) is 11.5 Å². The fourth-order valence-electron chi connectivity index (χ4n) is 3.33. The summed E-state index contributed by atoms with van der Waals surface area (Å²) in [5.74, 6) is -1.23. The zero-order valence-electron chi connectivity index (χ0n) is 11.2. The standard InChI is InChI=1S/C15H19N3O2/c16-14(19)11-7-18(8-12(11)15(17)20)13-6-10(13)9-4-2-1-3-5-9/h1-5,10-13H,6-8H2,(H2,16,19)(H2,17,20)/t10-,11?,12?,13+/m1/s1. The van der Waals surface area contributed by atoms with Crippen molar-refractivity contribution in [3.63, 3.8) is 0 Å². The number of benzene rings is 1. The highest BCUT2D eigenvalue weighted by atomic mass is 16.2. The Morgan fingerprint density at radius 1 is 1.00 bits per heavy atom. The molecular formula is C15H19N3O2. The first-order chi connectivity index (χ1) is 9.58. The van der Waals surface area contributed by atoms with Crippen molar-refractivity contribution in [2.24, 2.45) is 23.3 Å². The fraction of sp³-hybridized carbons (Fsp3) is 0.467. The summed E-state index contributed by atoms with van der Waals surface area (Å²) in [5.41, 5.74) is 12.1. The van der Waals surface area contributed by atoms with Gasteiger partial charge in [0.15, 0.2) is 0 Å². The van der Waals surface area contributed by atoms with Crippen LogP contribution < -0.4 is 11.5 Å². The highest BCUT2D eigenvalue weighted by Crippen LogP contribution is 2.46. The van der Waals surface area contributed by atoms with Crippen LogP contribution in [0.5, 0.6) is 0 Å². The van der Waals surface area contributed by atoms with E-state index in [1.54, 1.807) is 0 Å². The molecule has 2 fully saturated rings. The SMILES string of the molecule is NC(=O)C1CN([C@H]2C[C@@H]2c2ccccc2)CC1C(N)=O. The number of amides is 2. The molecular weight excluding hydrogens is 254 g/mol. The van der Waals surface area contributed by atoms with Gasteiger partial charge in [0.05, 0.1) is 11.8 Å². The van der Waals surface area contributed by atoms with Crippen LogP contribution in [0.2, 0.25) is 0 Å². The summed E-state index contributed by atoms with van der Waals surface area (Å²) < 4.78 is 0. The Hall–Kier alpha value is -1.88. The Labute approximate surface area is 117 Å². The molecule has 2 unspecified atom stereocenters. The lowest BCUT2D eigenvalue weighted by Crippen LogP contribution is -2.36. The number of primary amides is 2. The molecule has 1 heterocycles. The van der Waals surface area contributed by atoms with Gasteiger partial charge in [-0.1, -0.05) is 30.3 Å². The molecule has 5 heteroatoms. The van der Waals surface area contributed by atoms with Gasteiger partial charge >= 0.3 is 0 Å². The zero-order valence-corrected chi connectivity index (χ0v) is 11.2. The number of likely N-dealkylation sites (tertiary alicyclic amines) is 1. The second kappa shape index (κ2) is 4.90. The normalized spacial score (nSPS) is 33.0. The van der Waals surface area contributed by atoms with Gasteiger partial charge in [0.1, 0.15) is 0 Å². The summed E-state index contributed by atoms with van der Waals surface area (Å²) in [7, 11) is 0. The lowest BCUT2D eigenvalue weighted by atomic mass is 9.95. The number of hydrogen-bond acceptors (Lipinski definition) is 3. The molecule has 0 aromatic heterocycles. The molecule has 1 aliphatic carbocycles. The highest BCUT2D eigenvalue weighted by molar-refractivity contribution is 5.87. The molecule has 2 amide bonds. The summed E-state index contributed by atoms with van der Waals surface area (Å²) in [6, 6.07) is 10.7. The van der Waals surface area contributed by atoms with Gasteiger partial charge in [-0.15, -0.1) is 0 Å². The Kier molecular flexibility index (Phi) is 3.22. The minimum atomic E-state index is -0.440. The van der Waals surface area contributed by atoms with Gasteiger partial charge in [-0.05, 0) is 12.0 Å². The third-order valence-electron chi connectivity index (χ3n) is 4.53. The molecule has 1 saturated heterocycles. The molecule has 5 nitrogen and oxygen atoms in total. The first-order valence-electron chi connectivity index (χ1n) is 6.95. The van der Waals surface area contributed by atoms with Crippen molar-refractivity contribution in [3.05, 3.63) is 35.9 Å². The first-order valence-corrected chi connectivity index (χ1v) is 6.95. The van der Waals surface area contributed by atoms with Crippen LogP contribution in [0, 0.1) is 11.8 Å². The van der Waals surface area contributed by atoms with Crippen molar-refractivity contribution < 1.29 is 9.59 Å². The van der Waals surface area contributed by atoms with Crippen LogP contribution in [0.1, 0.15) is 17.9 Å². The van der Waals surface area contributed by atoms with Crippen molar-refractivity contribution >= 4 is 11.8 Å². The van der Waals surface area contributed by atoms with Gasteiger partial charge < -0.3 is 11.5 Å². The lowest BCUT2D eigenvalue weighted by Gasteiger charge is -2.15. The monoisotopic (exact) mass is 273 g/mol. The summed E-state index contributed by atoms with van der Waals surface area (Å²) in [4.78, 5) is 25.1. The molecule has 2 aliphatic rings. The van der Waals surface area contributed by atoms with E-state index >= 15 is 0 Å². The van der Waals surface area contributed by atoms with E-state index in [1.165, 1.54) is 5.56 Å². The highest BCUT2D eigenvalue weighted by Gasteiger charge is 2.49. The van der Waals surface area contributed by atoms with E-state index in [1.807, 2.05) is 18.2 Å². The Balaban J connectivity index is 1.69. The van der Waals surface area contributed by atoms with Crippen molar-refractivity contribution in [2.45, 2.75) is 18.4 Å². The van der Waals surface area contributed by atoms with E-state index in [9.17, 15) is 9.59 Å². The van der Waals surface area contributed by atoms with E-state index in [0.717, 1.165) is 6.42 Å². The molecule has 3 rings (SSSR count). The molecule has 1 aromatic rings. The lowest BCUT2D eigenvalue weighted by molar-refractivity contribution is -0.129.